The van der Waals surface area contributed by atoms with Crippen molar-refractivity contribution in [2.45, 2.75) is 66.7 Å². The highest BCUT2D eigenvalue weighted by Gasteiger charge is 2.80. The van der Waals surface area contributed by atoms with Crippen molar-refractivity contribution in [3.8, 4) is 0 Å². The highest BCUT2D eigenvalue weighted by atomic mass is 32.2. The van der Waals surface area contributed by atoms with Crippen LogP contribution in [-0.2, 0) is 10.1 Å². The van der Waals surface area contributed by atoms with Crippen molar-refractivity contribution in [3.05, 3.63) is 0 Å². The fraction of sp³-hybridized carbons (Fsp3) is 1.00. The molecular weight excluding hydrogens is 511 g/mol. The first-order valence-corrected chi connectivity index (χ1v) is 8.43. The van der Waals surface area contributed by atoms with Gasteiger partial charge in [-0.15, -0.1) is 0 Å². The van der Waals surface area contributed by atoms with E-state index in [1.807, 2.05) is 0 Å². The molecule has 0 spiro atoms. The quantitative estimate of drug-likeness (QED) is 0.308. The lowest BCUT2D eigenvalue weighted by Crippen LogP contribution is -2.65. The molecule has 7 atom stereocenters. The first-order valence-electron chi connectivity index (χ1n) is 6.93. The molecule has 0 aliphatic heterocycles. The highest BCUT2D eigenvalue weighted by Crippen LogP contribution is 2.52. The maximum absolute atomic E-state index is 13.4. The zero-order valence-corrected chi connectivity index (χ0v) is 15.0. The van der Waals surface area contributed by atoms with Gasteiger partial charge < -0.3 is 6.15 Å². The summed E-state index contributed by atoms with van der Waals surface area (Å²) in [4.78, 5) is 0. The minimum absolute atomic E-state index is 0. The summed E-state index contributed by atoms with van der Waals surface area (Å²) in [6.45, 7) is 0. The van der Waals surface area contributed by atoms with Crippen molar-refractivity contribution in [3.63, 3.8) is 0 Å². The van der Waals surface area contributed by atoms with Gasteiger partial charge in [0.15, 0.2) is 30.9 Å². The maximum Gasteiger partial charge on any atom is 0.379 e. The Morgan fingerprint density at radius 2 is 0.903 bits per heavy atom. The topological polar surface area (TPSA) is 89.4 Å². The van der Waals surface area contributed by atoms with Crippen LogP contribution in [0.4, 0.5) is 65.9 Å². The van der Waals surface area contributed by atoms with Gasteiger partial charge in [0.2, 0.25) is 6.17 Å². The molecule has 4 nitrogen and oxygen atoms in total. The summed E-state index contributed by atoms with van der Waals surface area (Å²) in [6, 6.07) is 0. The summed E-state index contributed by atoms with van der Waals surface area (Å²) in [5.41, 5.74) is -5.54. The minimum Gasteiger partial charge on any atom is -0.344 e. The summed E-state index contributed by atoms with van der Waals surface area (Å²) >= 11 is 0. The zero-order valence-electron chi connectivity index (χ0n) is 14.2. The molecule has 4 N–H and O–H groups in total. The second-order valence-corrected chi connectivity index (χ2v) is 7.05. The van der Waals surface area contributed by atoms with E-state index >= 15 is 0 Å². The molecule has 190 valence electrons. The molecule has 0 heterocycles. The third-order valence-electron chi connectivity index (χ3n) is 3.47. The van der Waals surface area contributed by atoms with Gasteiger partial charge in [0, 0.05) is 0 Å². The Kier molecular flexibility index (Phi) is 10.5. The smallest absolute Gasteiger partial charge is 0.344 e. The highest BCUT2D eigenvalue weighted by molar-refractivity contribution is 7.86. The standard InChI is InChI=1S/C11H9F15O3S.H3N/c12-1(3(14)5(16)7(18)19)2(13)4(15)6(17)9(21,22)11(25,26)10(23,24)8(20)30(27,28)29;/h1-8H,(H,27,28,29);1H3. The van der Waals surface area contributed by atoms with Gasteiger partial charge in [0.1, 0.15) is 0 Å². The van der Waals surface area contributed by atoms with E-state index in [2.05, 4.69) is 0 Å². The Morgan fingerprint density at radius 1 is 0.581 bits per heavy atom. The fourth-order valence-electron chi connectivity index (χ4n) is 1.75. The van der Waals surface area contributed by atoms with Crippen molar-refractivity contribution >= 4 is 10.1 Å². The van der Waals surface area contributed by atoms with Crippen LogP contribution in [-0.4, -0.2) is 79.7 Å². The van der Waals surface area contributed by atoms with Crippen LogP contribution in [0.5, 0.6) is 0 Å². The van der Waals surface area contributed by atoms with Gasteiger partial charge in [-0.1, -0.05) is 0 Å². The first kappa shape index (κ1) is 32.0. The van der Waals surface area contributed by atoms with Gasteiger partial charge in [-0.2, -0.15) is 34.8 Å². The summed E-state index contributed by atoms with van der Waals surface area (Å²) < 4.78 is 223. The fourth-order valence-corrected chi connectivity index (χ4v) is 2.27. The number of hydrogen-bond acceptors (Lipinski definition) is 3. The Balaban J connectivity index is 0. The molecule has 0 aromatic heterocycles. The number of alkyl halides is 15. The Bertz CT molecular complexity index is 677. The van der Waals surface area contributed by atoms with E-state index in [-0.39, 0.29) is 6.15 Å². The lowest BCUT2D eigenvalue weighted by Gasteiger charge is -2.36. The summed E-state index contributed by atoms with van der Waals surface area (Å²) in [7, 11) is -6.85. The van der Waals surface area contributed by atoms with E-state index in [0.717, 1.165) is 0 Å². The normalized spacial score (nSPS) is 20.9. The van der Waals surface area contributed by atoms with Gasteiger partial charge >= 0.3 is 27.9 Å². The SMILES string of the molecule is N.O=S(=O)(O)C(F)C(F)(F)C(F)(F)C(F)(F)C(F)C(F)C(F)C(F)C(F)C(F)C(F)F. The molecule has 7 unspecified atom stereocenters. The van der Waals surface area contributed by atoms with E-state index in [4.69, 9.17) is 4.55 Å². The molecule has 31 heavy (non-hydrogen) atoms. The number of halogens is 15. The van der Waals surface area contributed by atoms with Gasteiger partial charge in [-0.05, 0) is 0 Å². The number of rotatable bonds is 11. The largest absolute Gasteiger partial charge is 0.379 e. The van der Waals surface area contributed by atoms with Crippen LogP contribution < -0.4 is 6.15 Å². The predicted octanol–water partition coefficient (Wildman–Crippen LogP) is 4.53. The molecule has 0 rings (SSSR count). The average molecular weight is 523 g/mol. The average Bonchev–Trinajstić information content (AvgIpc) is 2.62. The van der Waals surface area contributed by atoms with Gasteiger partial charge in [-0.25, -0.2) is 39.5 Å². The lowest BCUT2D eigenvalue weighted by molar-refractivity contribution is -0.337. The van der Waals surface area contributed by atoms with Gasteiger partial charge in [0.25, 0.3) is 11.9 Å². The van der Waals surface area contributed by atoms with Crippen LogP contribution in [0.15, 0.2) is 0 Å². The second kappa shape index (κ2) is 10.2. The molecule has 0 saturated heterocycles. The van der Waals surface area contributed by atoms with E-state index < -0.39 is 76.8 Å². The molecule has 0 fully saturated rings. The Labute approximate surface area is 163 Å². The van der Waals surface area contributed by atoms with Crippen molar-refractivity contribution in [1.29, 1.82) is 0 Å². The van der Waals surface area contributed by atoms with E-state index in [1.165, 1.54) is 0 Å². The zero-order chi connectivity index (χ0) is 24.6. The Morgan fingerprint density at radius 3 is 1.23 bits per heavy atom. The van der Waals surface area contributed by atoms with Crippen molar-refractivity contribution in [1.82, 2.24) is 6.15 Å². The summed E-state index contributed by atoms with van der Waals surface area (Å²) in [6.07, 6.45) is -32.9. The number of hydrogen-bond donors (Lipinski definition) is 2. The van der Waals surface area contributed by atoms with Gasteiger partial charge in [-0.3, -0.25) is 4.55 Å². The minimum atomic E-state index is -7.55. The first-order chi connectivity index (χ1) is 13.1. The van der Waals surface area contributed by atoms with Crippen molar-refractivity contribution in [2.75, 3.05) is 0 Å². The van der Waals surface area contributed by atoms with Crippen LogP contribution in [0.25, 0.3) is 0 Å². The molecule has 20 heteroatoms. The molecule has 0 aliphatic carbocycles. The predicted molar refractivity (Wildman–Crippen MR) is 71.7 cm³/mol. The molecular formula is C11H12F15NO3S. The molecule has 0 aromatic rings. The molecule has 0 saturated carbocycles. The van der Waals surface area contributed by atoms with E-state index in [9.17, 15) is 74.3 Å². The lowest BCUT2D eigenvalue weighted by atomic mass is 9.93. The van der Waals surface area contributed by atoms with Crippen LogP contribution in [0.1, 0.15) is 0 Å². The summed E-state index contributed by atoms with van der Waals surface area (Å²) in [5.74, 6) is -22.0. The molecule has 0 aromatic carbocycles. The van der Waals surface area contributed by atoms with E-state index in [0.29, 0.717) is 0 Å². The van der Waals surface area contributed by atoms with E-state index in [1.54, 1.807) is 0 Å². The van der Waals surface area contributed by atoms with Crippen LogP contribution in [0, 0.1) is 0 Å². The van der Waals surface area contributed by atoms with Crippen LogP contribution >= 0.6 is 0 Å². The van der Waals surface area contributed by atoms with Crippen LogP contribution in [0.2, 0.25) is 0 Å². The second-order valence-electron chi connectivity index (χ2n) is 5.61. The molecule has 0 radical (unpaired) electrons. The molecule has 0 aliphatic rings. The van der Waals surface area contributed by atoms with Crippen LogP contribution in [0.3, 0.4) is 0 Å². The summed E-state index contributed by atoms with van der Waals surface area (Å²) in [5, 5.41) is 0. The third kappa shape index (κ3) is 5.99. The Hall–Kier alpha value is -1.18. The monoisotopic (exact) mass is 523 g/mol. The van der Waals surface area contributed by atoms with Gasteiger partial charge in [0.05, 0.1) is 0 Å². The van der Waals surface area contributed by atoms with Crippen molar-refractivity contribution < 1.29 is 78.8 Å². The third-order valence-corrected chi connectivity index (χ3v) is 4.29. The molecule has 0 bridgehead atoms. The van der Waals surface area contributed by atoms with Crippen molar-refractivity contribution in [2.24, 2.45) is 0 Å². The molecule has 0 amide bonds. The maximum atomic E-state index is 13.4.